The van der Waals surface area contributed by atoms with Crippen molar-refractivity contribution in [3.05, 3.63) is 23.8 Å². The van der Waals surface area contributed by atoms with E-state index in [4.69, 9.17) is 4.74 Å². The molecule has 4 aliphatic rings. The zero-order valence-corrected chi connectivity index (χ0v) is 18.7. The number of rotatable bonds is 4. The molecule has 0 aliphatic heterocycles. The molecular weight excluding hydrogens is 396 g/mol. The first-order chi connectivity index (χ1) is 14.6. The maximum atomic E-state index is 13.1. The van der Waals surface area contributed by atoms with Crippen LogP contribution < -0.4 is 0 Å². The number of carbonyl (C=O) groups is 3. The first-order valence-electron chi connectivity index (χ1n) is 11.5. The molecule has 3 saturated carbocycles. The van der Waals surface area contributed by atoms with Gasteiger partial charge in [-0.25, -0.2) is 4.79 Å². The monoisotopic (exact) mass is 430 g/mol. The van der Waals surface area contributed by atoms with Crippen molar-refractivity contribution >= 4 is 17.5 Å². The van der Waals surface area contributed by atoms with Crippen molar-refractivity contribution in [1.82, 2.24) is 0 Å². The smallest absolute Gasteiger partial charge is 0.330 e. The molecule has 0 radical (unpaired) electrons. The molecule has 0 aromatic rings. The lowest BCUT2D eigenvalue weighted by atomic mass is 9.45. The Balaban J connectivity index is 1.60. The summed E-state index contributed by atoms with van der Waals surface area (Å²) >= 11 is 0. The molecule has 3 fully saturated rings. The first-order valence-corrected chi connectivity index (χ1v) is 11.5. The Bertz CT molecular complexity index is 858. The largest absolute Gasteiger partial charge is 0.454 e. The number of allylic oxidation sites excluding steroid dienone is 2. The average molecular weight is 431 g/mol. The number of ether oxygens (including phenoxy) is 1. The second kappa shape index (κ2) is 7.66. The normalized spacial score (nSPS) is 44.3. The van der Waals surface area contributed by atoms with E-state index >= 15 is 0 Å². The fraction of sp³-hybridized carbons (Fsp3) is 0.720. The quantitative estimate of drug-likeness (QED) is 0.525. The molecule has 0 spiro atoms. The van der Waals surface area contributed by atoms with Gasteiger partial charge in [-0.15, -0.1) is 0 Å². The highest BCUT2D eigenvalue weighted by Gasteiger charge is 2.68. The van der Waals surface area contributed by atoms with Gasteiger partial charge in [-0.05, 0) is 74.7 Å². The van der Waals surface area contributed by atoms with Gasteiger partial charge in [0, 0.05) is 17.9 Å². The standard InChI is InChI=1S/C25H34O6/c1-4-5-21(29)31-14-20(28)25(30)11-9-18-17-7-6-15-12-16(26)8-10-23(15,2)22(17)19(27)13-24(18,25)3/h4-5,12,17-19,22,27,30H,6-11,13-14H2,1-3H3/b5-4+/t17-,18-,19+,22+,23+,24+,25-/m1/s1. The Morgan fingerprint density at radius 3 is 2.68 bits per heavy atom. The molecule has 170 valence electrons. The molecule has 0 aromatic carbocycles. The SMILES string of the molecule is C/C=C/C(=O)OCC(=O)[C@]1(O)CC[C@@H]2[C@H]3CCC4=CC(=O)CC[C@]4(C)[C@@H]3[C@@H](O)C[C@@]21C. The van der Waals surface area contributed by atoms with Crippen molar-refractivity contribution in [3.8, 4) is 0 Å². The van der Waals surface area contributed by atoms with Gasteiger partial charge < -0.3 is 14.9 Å². The van der Waals surface area contributed by atoms with Crippen LogP contribution >= 0.6 is 0 Å². The summed E-state index contributed by atoms with van der Waals surface area (Å²) in [5.74, 6) is -0.576. The molecule has 0 aromatic heterocycles. The predicted molar refractivity (Wildman–Crippen MR) is 114 cm³/mol. The lowest BCUT2D eigenvalue weighted by Crippen LogP contribution is -2.62. The number of hydrogen-bond donors (Lipinski definition) is 2. The molecule has 6 heteroatoms. The molecule has 0 saturated heterocycles. The highest BCUT2D eigenvalue weighted by Crippen LogP contribution is 2.67. The lowest BCUT2D eigenvalue weighted by Gasteiger charge is -2.60. The van der Waals surface area contributed by atoms with Crippen molar-refractivity contribution in [1.29, 1.82) is 0 Å². The topological polar surface area (TPSA) is 101 Å². The number of ketones is 2. The van der Waals surface area contributed by atoms with E-state index < -0.39 is 35.5 Å². The van der Waals surface area contributed by atoms with Gasteiger partial charge in [0.15, 0.2) is 12.4 Å². The molecule has 0 unspecified atom stereocenters. The number of carbonyl (C=O) groups excluding carboxylic acids is 3. The zero-order chi connectivity index (χ0) is 22.6. The van der Waals surface area contributed by atoms with Gasteiger partial charge in [0.25, 0.3) is 0 Å². The van der Waals surface area contributed by atoms with Crippen molar-refractivity contribution in [3.63, 3.8) is 0 Å². The summed E-state index contributed by atoms with van der Waals surface area (Å²) in [6.07, 6.45) is 8.25. The highest BCUT2D eigenvalue weighted by molar-refractivity contribution is 5.92. The van der Waals surface area contributed by atoms with Crippen molar-refractivity contribution < 1.29 is 29.3 Å². The molecule has 4 rings (SSSR count). The minimum absolute atomic E-state index is 0.0312. The van der Waals surface area contributed by atoms with E-state index in [1.54, 1.807) is 13.0 Å². The molecule has 7 atom stereocenters. The summed E-state index contributed by atoms with van der Waals surface area (Å²) in [5.41, 5.74) is -1.42. The van der Waals surface area contributed by atoms with Crippen molar-refractivity contribution in [2.24, 2.45) is 28.6 Å². The van der Waals surface area contributed by atoms with Gasteiger partial charge in [-0.3, -0.25) is 9.59 Å². The Morgan fingerprint density at radius 2 is 1.97 bits per heavy atom. The Morgan fingerprint density at radius 1 is 1.23 bits per heavy atom. The van der Waals surface area contributed by atoms with Crippen molar-refractivity contribution in [2.45, 2.75) is 77.4 Å². The van der Waals surface area contributed by atoms with Gasteiger partial charge >= 0.3 is 5.97 Å². The molecule has 4 aliphatic carbocycles. The van der Waals surface area contributed by atoms with Crippen LogP contribution in [0.15, 0.2) is 23.8 Å². The number of aliphatic hydroxyl groups excluding tert-OH is 1. The van der Waals surface area contributed by atoms with E-state index in [9.17, 15) is 24.6 Å². The van der Waals surface area contributed by atoms with Crippen LogP contribution in [0, 0.1) is 28.6 Å². The third-order valence-electron chi connectivity index (χ3n) is 9.16. The number of esters is 1. The third kappa shape index (κ3) is 3.25. The maximum Gasteiger partial charge on any atom is 0.330 e. The van der Waals surface area contributed by atoms with E-state index in [0.717, 1.165) is 24.8 Å². The van der Waals surface area contributed by atoms with E-state index in [0.29, 0.717) is 25.7 Å². The molecule has 6 nitrogen and oxygen atoms in total. The van der Waals surface area contributed by atoms with Gasteiger partial charge in [0.05, 0.1) is 6.10 Å². The zero-order valence-electron chi connectivity index (χ0n) is 18.7. The lowest BCUT2D eigenvalue weighted by molar-refractivity contribution is -0.184. The van der Waals surface area contributed by atoms with Crippen LogP contribution in [0.5, 0.6) is 0 Å². The number of aliphatic hydroxyl groups is 2. The number of fused-ring (bicyclic) bond motifs is 5. The number of Topliss-reactive ketones (excluding diaryl/α,β-unsaturated/α-hetero) is 1. The number of hydrogen-bond acceptors (Lipinski definition) is 6. The fourth-order valence-corrected chi connectivity index (χ4v) is 7.59. The molecule has 0 bridgehead atoms. The van der Waals surface area contributed by atoms with Crippen molar-refractivity contribution in [2.75, 3.05) is 6.61 Å². The molecule has 2 N–H and O–H groups in total. The molecule has 31 heavy (non-hydrogen) atoms. The van der Waals surface area contributed by atoms with Gasteiger partial charge in [-0.2, -0.15) is 0 Å². The van der Waals surface area contributed by atoms with E-state index in [1.807, 2.05) is 6.92 Å². The van der Waals surface area contributed by atoms with Gasteiger partial charge in [-0.1, -0.05) is 25.5 Å². The summed E-state index contributed by atoms with van der Waals surface area (Å²) < 4.78 is 5.04. The van der Waals surface area contributed by atoms with Crippen LogP contribution in [0.3, 0.4) is 0 Å². The van der Waals surface area contributed by atoms with Crippen LogP contribution in [0.2, 0.25) is 0 Å². The Hall–Kier alpha value is -1.79. The second-order valence-corrected chi connectivity index (χ2v) is 10.5. The third-order valence-corrected chi connectivity index (χ3v) is 9.16. The summed E-state index contributed by atoms with van der Waals surface area (Å²) in [6.45, 7) is 5.33. The minimum atomic E-state index is -1.61. The van der Waals surface area contributed by atoms with E-state index in [1.165, 1.54) is 12.2 Å². The predicted octanol–water partition coefficient (Wildman–Crippen LogP) is 2.91. The van der Waals surface area contributed by atoms with Gasteiger partial charge in [0.2, 0.25) is 5.78 Å². The Labute approximate surface area is 183 Å². The summed E-state index contributed by atoms with van der Waals surface area (Å²) in [6, 6.07) is 0. The molecule has 0 amide bonds. The van der Waals surface area contributed by atoms with E-state index in [2.05, 4.69) is 6.92 Å². The molecular formula is C25H34O6. The van der Waals surface area contributed by atoms with Gasteiger partial charge in [0.1, 0.15) is 5.60 Å². The first kappa shape index (κ1) is 22.4. The van der Waals surface area contributed by atoms with E-state index in [-0.39, 0.29) is 29.0 Å². The summed E-state index contributed by atoms with van der Waals surface area (Å²) in [5, 5.41) is 22.9. The van der Waals surface area contributed by atoms with Crippen LogP contribution in [0.25, 0.3) is 0 Å². The minimum Gasteiger partial charge on any atom is -0.454 e. The summed E-state index contributed by atoms with van der Waals surface area (Å²) in [7, 11) is 0. The van der Waals surface area contributed by atoms with Crippen LogP contribution in [0.1, 0.15) is 65.7 Å². The molecule has 0 heterocycles. The van der Waals surface area contributed by atoms with Crippen LogP contribution in [0.4, 0.5) is 0 Å². The second-order valence-electron chi connectivity index (χ2n) is 10.5. The Kier molecular flexibility index (Phi) is 5.54. The summed E-state index contributed by atoms with van der Waals surface area (Å²) in [4.78, 5) is 36.7. The van der Waals surface area contributed by atoms with Crippen LogP contribution in [-0.2, 0) is 19.1 Å². The maximum absolute atomic E-state index is 13.1. The van der Waals surface area contributed by atoms with Crippen LogP contribution in [-0.4, -0.2) is 46.1 Å². The average Bonchev–Trinajstić information content (AvgIpc) is 2.98. The fourth-order valence-electron chi connectivity index (χ4n) is 7.59. The highest BCUT2D eigenvalue weighted by atomic mass is 16.5.